The van der Waals surface area contributed by atoms with Crippen LogP contribution in [0.5, 0.6) is 11.5 Å². The van der Waals surface area contributed by atoms with Crippen molar-refractivity contribution >= 4 is 27.5 Å². The van der Waals surface area contributed by atoms with Crippen LogP contribution in [0.4, 0.5) is 5.69 Å². The summed E-state index contributed by atoms with van der Waals surface area (Å²) in [6, 6.07) is 12.8. The normalized spacial score (nSPS) is 11.3. The first-order valence-electron chi connectivity index (χ1n) is 7.13. The third-order valence-corrected chi connectivity index (χ3v) is 5.27. The Balaban J connectivity index is 2.21. The maximum Gasteiger partial charge on any atom is 0.232 e. The molecule has 3 N–H and O–H groups in total. The number of sulfonamides is 1. The molecular weight excluding hydrogens is 332 g/mol. The summed E-state index contributed by atoms with van der Waals surface area (Å²) >= 11 is 1.66. The molecule has 2 aromatic carbocycles. The van der Waals surface area contributed by atoms with Crippen LogP contribution in [0.25, 0.3) is 0 Å². The molecule has 0 aliphatic rings. The van der Waals surface area contributed by atoms with Crippen LogP contribution >= 0.6 is 11.8 Å². The molecule has 0 bridgehead atoms. The second kappa shape index (κ2) is 7.72. The molecule has 2 aromatic rings. The van der Waals surface area contributed by atoms with E-state index in [0.29, 0.717) is 17.2 Å². The molecule has 7 heteroatoms. The van der Waals surface area contributed by atoms with Gasteiger partial charge >= 0.3 is 0 Å². The predicted octanol–water partition coefficient (Wildman–Crippen LogP) is 3.42. The SMILES string of the molecule is CCS(=O)(=O)Nc1ccc(Oc2ccc(SC)cc2)c(CN)c1. The van der Waals surface area contributed by atoms with E-state index in [9.17, 15) is 8.42 Å². The van der Waals surface area contributed by atoms with Crippen molar-refractivity contribution in [3.05, 3.63) is 48.0 Å². The zero-order chi connectivity index (χ0) is 16.9. The standard InChI is InChI=1S/C16H20N2O3S2/c1-3-23(19,20)18-13-4-9-16(12(10-13)11-17)21-14-5-7-15(22-2)8-6-14/h4-10,18H,3,11,17H2,1-2H3. The number of nitrogens with one attached hydrogen (secondary N) is 1. The molecule has 0 spiro atoms. The average Bonchev–Trinajstić information content (AvgIpc) is 2.56. The number of rotatable bonds is 7. The first-order chi connectivity index (χ1) is 11.0. The molecule has 0 heterocycles. The Hall–Kier alpha value is -1.70. The Bertz CT molecular complexity index is 759. The highest BCUT2D eigenvalue weighted by Crippen LogP contribution is 2.29. The van der Waals surface area contributed by atoms with Crippen LogP contribution in [0.3, 0.4) is 0 Å². The van der Waals surface area contributed by atoms with Gasteiger partial charge in [-0.2, -0.15) is 0 Å². The zero-order valence-corrected chi connectivity index (χ0v) is 14.7. The van der Waals surface area contributed by atoms with E-state index in [1.807, 2.05) is 30.5 Å². The summed E-state index contributed by atoms with van der Waals surface area (Å²) in [5, 5.41) is 0. The van der Waals surface area contributed by atoms with E-state index in [0.717, 1.165) is 10.5 Å². The van der Waals surface area contributed by atoms with Crippen molar-refractivity contribution in [1.29, 1.82) is 0 Å². The van der Waals surface area contributed by atoms with Crippen LogP contribution in [-0.2, 0) is 16.6 Å². The van der Waals surface area contributed by atoms with Crippen LogP contribution < -0.4 is 15.2 Å². The van der Waals surface area contributed by atoms with Gasteiger partial charge in [0.1, 0.15) is 11.5 Å². The first-order valence-corrected chi connectivity index (χ1v) is 10.0. The molecule has 0 aromatic heterocycles. The van der Waals surface area contributed by atoms with Crippen molar-refractivity contribution in [2.45, 2.75) is 18.4 Å². The van der Waals surface area contributed by atoms with Crippen molar-refractivity contribution in [2.75, 3.05) is 16.7 Å². The van der Waals surface area contributed by atoms with E-state index in [2.05, 4.69) is 4.72 Å². The highest BCUT2D eigenvalue weighted by Gasteiger charge is 2.10. The van der Waals surface area contributed by atoms with Gasteiger partial charge in [-0.3, -0.25) is 4.72 Å². The average molecular weight is 352 g/mol. The van der Waals surface area contributed by atoms with Gasteiger partial charge in [0.25, 0.3) is 0 Å². The van der Waals surface area contributed by atoms with Gasteiger partial charge in [-0.05, 0) is 55.6 Å². The zero-order valence-electron chi connectivity index (χ0n) is 13.1. The molecule has 0 amide bonds. The minimum absolute atomic E-state index is 0.0188. The smallest absolute Gasteiger partial charge is 0.232 e. The minimum atomic E-state index is -3.31. The van der Waals surface area contributed by atoms with E-state index in [4.69, 9.17) is 10.5 Å². The fourth-order valence-corrected chi connectivity index (χ4v) is 2.96. The van der Waals surface area contributed by atoms with Crippen molar-refractivity contribution in [2.24, 2.45) is 5.73 Å². The van der Waals surface area contributed by atoms with E-state index in [1.165, 1.54) is 0 Å². The van der Waals surface area contributed by atoms with E-state index < -0.39 is 10.0 Å². The number of thioether (sulfide) groups is 1. The van der Waals surface area contributed by atoms with Crippen molar-refractivity contribution in [3.63, 3.8) is 0 Å². The quantitative estimate of drug-likeness (QED) is 0.746. The third-order valence-electron chi connectivity index (χ3n) is 3.22. The number of benzene rings is 2. The first kappa shape index (κ1) is 17.7. The summed E-state index contributed by atoms with van der Waals surface area (Å²) in [4.78, 5) is 1.15. The molecule has 2 rings (SSSR count). The van der Waals surface area contributed by atoms with Gasteiger partial charge < -0.3 is 10.5 Å². The van der Waals surface area contributed by atoms with Crippen molar-refractivity contribution in [1.82, 2.24) is 0 Å². The summed E-state index contributed by atoms with van der Waals surface area (Å²) in [6.45, 7) is 1.84. The van der Waals surface area contributed by atoms with Crippen molar-refractivity contribution < 1.29 is 13.2 Å². The Morgan fingerprint density at radius 2 is 1.87 bits per heavy atom. The van der Waals surface area contributed by atoms with Crippen LogP contribution in [0.2, 0.25) is 0 Å². The molecule has 23 heavy (non-hydrogen) atoms. The summed E-state index contributed by atoms with van der Waals surface area (Å²) in [5.74, 6) is 1.34. The Kier molecular flexibility index (Phi) is 5.92. The maximum absolute atomic E-state index is 11.6. The Morgan fingerprint density at radius 3 is 2.43 bits per heavy atom. The molecule has 0 saturated heterocycles. The van der Waals surface area contributed by atoms with Crippen LogP contribution in [0.1, 0.15) is 12.5 Å². The molecule has 0 aliphatic heterocycles. The Morgan fingerprint density at radius 1 is 1.17 bits per heavy atom. The molecule has 0 aliphatic carbocycles. The highest BCUT2D eigenvalue weighted by atomic mass is 32.2. The van der Waals surface area contributed by atoms with Crippen molar-refractivity contribution in [3.8, 4) is 11.5 Å². The number of hydrogen-bond acceptors (Lipinski definition) is 5. The van der Waals surface area contributed by atoms with Gasteiger partial charge in [-0.15, -0.1) is 11.8 Å². The molecule has 0 saturated carbocycles. The van der Waals surface area contributed by atoms with Gasteiger partial charge in [-0.25, -0.2) is 8.42 Å². The fourth-order valence-electron chi connectivity index (χ4n) is 1.92. The van der Waals surface area contributed by atoms with Gasteiger partial charge in [-0.1, -0.05) is 0 Å². The minimum Gasteiger partial charge on any atom is -0.457 e. The number of nitrogens with two attached hydrogens (primary N) is 1. The Labute approximate surface area is 141 Å². The topological polar surface area (TPSA) is 81.4 Å². The largest absolute Gasteiger partial charge is 0.457 e. The molecule has 0 atom stereocenters. The fraction of sp³-hybridized carbons (Fsp3) is 0.250. The van der Waals surface area contributed by atoms with Crippen LogP contribution in [-0.4, -0.2) is 20.4 Å². The lowest BCUT2D eigenvalue weighted by Crippen LogP contribution is -2.15. The molecule has 124 valence electrons. The number of ether oxygens (including phenoxy) is 1. The predicted molar refractivity (Wildman–Crippen MR) is 95.7 cm³/mol. The van der Waals surface area contributed by atoms with Crippen LogP contribution in [0.15, 0.2) is 47.4 Å². The van der Waals surface area contributed by atoms with Gasteiger partial charge in [0.05, 0.1) is 5.75 Å². The summed E-state index contributed by atoms with van der Waals surface area (Å²) in [6.07, 6.45) is 2.01. The van der Waals surface area contributed by atoms with E-state index in [1.54, 1.807) is 36.9 Å². The molecule has 0 fully saturated rings. The van der Waals surface area contributed by atoms with Gasteiger partial charge in [0.2, 0.25) is 10.0 Å². The number of anilines is 1. The molecule has 0 radical (unpaired) electrons. The second-order valence-corrected chi connectivity index (χ2v) is 7.70. The highest BCUT2D eigenvalue weighted by molar-refractivity contribution is 7.98. The van der Waals surface area contributed by atoms with E-state index in [-0.39, 0.29) is 12.3 Å². The lowest BCUT2D eigenvalue weighted by atomic mass is 10.2. The monoisotopic (exact) mass is 352 g/mol. The maximum atomic E-state index is 11.6. The molecule has 5 nitrogen and oxygen atoms in total. The second-order valence-electron chi connectivity index (χ2n) is 4.81. The summed E-state index contributed by atoms with van der Waals surface area (Å²) in [7, 11) is -3.31. The summed E-state index contributed by atoms with van der Waals surface area (Å²) in [5.41, 5.74) is 6.97. The van der Waals surface area contributed by atoms with Gasteiger partial charge in [0, 0.05) is 22.7 Å². The van der Waals surface area contributed by atoms with E-state index >= 15 is 0 Å². The summed E-state index contributed by atoms with van der Waals surface area (Å²) < 4.78 is 31.6. The molecular formula is C16H20N2O3S2. The molecule has 0 unspecified atom stereocenters. The van der Waals surface area contributed by atoms with Gasteiger partial charge in [0.15, 0.2) is 0 Å². The number of hydrogen-bond donors (Lipinski definition) is 2. The lowest BCUT2D eigenvalue weighted by Gasteiger charge is -2.13. The lowest BCUT2D eigenvalue weighted by molar-refractivity contribution is 0.476. The van der Waals surface area contributed by atoms with Crippen LogP contribution in [0, 0.1) is 0 Å². The third kappa shape index (κ3) is 4.89.